The number of hydrogen-bond donors (Lipinski definition) is 0. The standard InChI is InChI=1S/C12H11ClFNO2/c1-16-10-6-8(2-3-9(10)14)11-7-15-12(17-11)4-5-13/h2-3,6-7H,4-5H2,1H3. The number of nitrogens with zero attached hydrogens (tertiary/aromatic N) is 1. The van der Waals surface area contributed by atoms with Crippen LogP contribution in [0.3, 0.4) is 0 Å². The third-order valence-electron chi connectivity index (χ3n) is 2.30. The second kappa shape index (κ2) is 5.19. The molecule has 0 unspecified atom stereocenters. The van der Waals surface area contributed by atoms with Crippen LogP contribution in [-0.2, 0) is 6.42 Å². The van der Waals surface area contributed by atoms with Gasteiger partial charge in [-0.25, -0.2) is 9.37 Å². The number of methoxy groups -OCH3 is 1. The van der Waals surface area contributed by atoms with Crippen LogP contribution >= 0.6 is 11.6 Å². The predicted molar refractivity (Wildman–Crippen MR) is 62.9 cm³/mol. The normalized spacial score (nSPS) is 10.5. The molecule has 0 saturated carbocycles. The Balaban J connectivity index is 2.32. The number of rotatable bonds is 4. The average Bonchev–Trinajstić information content (AvgIpc) is 2.79. The van der Waals surface area contributed by atoms with E-state index < -0.39 is 5.82 Å². The highest BCUT2D eigenvalue weighted by Crippen LogP contribution is 2.26. The van der Waals surface area contributed by atoms with Crippen LogP contribution in [0.15, 0.2) is 28.8 Å². The number of oxazole rings is 1. The first-order valence-electron chi connectivity index (χ1n) is 5.09. The van der Waals surface area contributed by atoms with Crippen LogP contribution in [0.2, 0.25) is 0 Å². The summed E-state index contributed by atoms with van der Waals surface area (Å²) in [5.41, 5.74) is 0.719. The van der Waals surface area contributed by atoms with E-state index in [9.17, 15) is 4.39 Å². The van der Waals surface area contributed by atoms with Gasteiger partial charge >= 0.3 is 0 Å². The van der Waals surface area contributed by atoms with Crippen LogP contribution in [0, 0.1) is 5.82 Å². The van der Waals surface area contributed by atoms with Crippen LogP contribution < -0.4 is 4.74 Å². The zero-order valence-corrected chi connectivity index (χ0v) is 10.00. The van der Waals surface area contributed by atoms with Gasteiger partial charge in [0.25, 0.3) is 0 Å². The SMILES string of the molecule is COc1cc(-c2cnc(CCCl)o2)ccc1F. The maximum Gasteiger partial charge on any atom is 0.196 e. The molecule has 0 aliphatic rings. The Labute approximate surface area is 103 Å². The van der Waals surface area contributed by atoms with E-state index in [1.54, 1.807) is 18.3 Å². The van der Waals surface area contributed by atoms with Crippen LogP contribution in [0.25, 0.3) is 11.3 Å². The molecule has 0 atom stereocenters. The first-order valence-corrected chi connectivity index (χ1v) is 5.62. The summed E-state index contributed by atoms with van der Waals surface area (Å²) in [6, 6.07) is 4.51. The van der Waals surface area contributed by atoms with Gasteiger partial charge in [0.2, 0.25) is 0 Å². The third-order valence-corrected chi connectivity index (χ3v) is 2.49. The maximum atomic E-state index is 13.2. The van der Waals surface area contributed by atoms with Crippen molar-refractivity contribution in [2.24, 2.45) is 0 Å². The molecule has 17 heavy (non-hydrogen) atoms. The number of hydrogen-bond acceptors (Lipinski definition) is 3. The summed E-state index contributed by atoms with van der Waals surface area (Å²) >= 11 is 5.59. The van der Waals surface area contributed by atoms with Crippen molar-refractivity contribution in [3.63, 3.8) is 0 Å². The van der Waals surface area contributed by atoms with Gasteiger partial charge in [0.15, 0.2) is 23.2 Å². The van der Waals surface area contributed by atoms with Crippen molar-refractivity contribution >= 4 is 11.6 Å². The fourth-order valence-electron chi connectivity index (χ4n) is 1.45. The number of halogens is 2. The Hall–Kier alpha value is -1.55. The van der Waals surface area contributed by atoms with Gasteiger partial charge < -0.3 is 9.15 Å². The zero-order chi connectivity index (χ0) is 12.3. The fourth-order valence-corrected chi connectivity index (χ4v) is 1.61. The summed E-state index contributed by atoms with van der Waals surface area (Å²) in [6.07, 6.45) is 2.16. The Morgan fingerprint density at radius 1 is 1.47 bits per heavy atom. The molecule has 0 spiro atoms. The molecule has 0 N–H and O–H groups in total. The minimum atomic E-state index is -0.406. The molecular formula is C12H11ClFNO2. The summed E-state index contributed by atoms with van der Waals surface area (Å²) in [7, 11) is 1.42. The van der Waals surface area contributed by atoms with E-state index in [0.29, 0.717) is 24.0 Å². The smallest absolute Gasteiger partial charge is 0.196 e. The molecule has 0 amide bonds. The van der Waals surface area contributed by atoms with Gasteiger partial charge in [0, 0.05) is 17.9 Å². The molecule has 1 aromatic carbocycles. The van der Waals surface area contributed by atoms with Crippen LogP contribution in [0.1, 0.15) is 5.89 Å². The molecule has 0 fully saturated rings. The number of ether oxygens (including phenoxy) is 1. The largest absolute Gasteiger partial charge is 0.494 e. The Morgan fingerprint density at radius 2 is 2.29 bits per heavy atom. The van der Waals surface area contributed by atoms with E-state index in [1.807, 2.05) is 0 Å². The minimum absolute atomic E-state index is 0.179. The van der Waals surface area contributed by atoms with Crippen LogP contribution in [0.4, 0.5) is 4.39 Å². The molecule has 0 aliphatic carbocycles. The Morgan fingerprint density at radius 3 is 3.00 bits per heavy atom. The molecule has 2 rings (SSSR count). The third kappa shape index (κ3) is 2.58. The summed E-state index contributed by atoms with van der Waals surface area (Å²) in [5, 5.41) is 0. The first-order chi connectivity index (χ1) is 8.24. The van der Waals surface area contributed by atoms with Gasteiger partial charge in [-0.2, -0.15) is 0 Å². The van der Waals surface area contributed by atoms with E-state index in [4.69, 9.17) is 20.8 Å². The molecule has 0 saturated heterocycles. The van der Waals surface area contributed by atoms with E-state index in [-0.39, 0.29) is 5.75 Å². The first kappa shape index (κ1) is 11.9. The van der Waals surface area contributed by atoms with Crippen molar-refractivity contribution in [1.29, 1.82) is 0 Å². The lowest BCUT2D eigenvalue weighted by Gasteiger charge is -2.03. The van der Waals surface area contributed by atoms with Crippen molar-refractivity contribution < 1.29 is 13.5 Å². The number of aryl methyl sites for hydroxylation is 1. The van der Waals surface area contributed by atoms with Gasteiger partial charge in [-0.05, 0) is 18.2 Å². The van der Waals surface area contributed by atoms with Gasteiger partial charge in [-0.1, -0.05) is 0 Å². The van der Waals surface area contributed by atoms with E-state index >= 15 is 0 Å². The van der Waals surface area contributed by atoms with Crippen LogP contribution in [-0.4, -0.2) is 18.0 Å². The van der Waals surface area contributed by atoms with E-state index in [2.05, 4.69) is 4.98 Å². The second-order valence-electron chi connectivity index (χ2n) is 3.41. The number of aromatic nitrogens is 1. The quantitative estimate of drug-likeness (QED) is 0.787. The van der Waals surface area contributed by atoms with Gasteiger partial charge in [0.05, 0.1) is 13.3 Å². The minimum Gasteiger partial charge on any atom is -0.494 e. The second-order valence-corrected chi connectivity index (χ2v) is 3.78. The molecule has 5 heteroatoms. The lowest BCUT2D eigenvalue weighted by molar-refractivity contribution is 0.386. The summed E-state index contributed by atoms with van der Waals surface area (Å²) in [6.45, 7) is 0. The van der Waals surface area contributed by atoms with E-state index in [0.717, 1.165) is 5.56 Å². The number of alkyl halides is 1. The molecule has 3 nitrogen and oxygen atoms in total. The van der Waals surface area contributed by atoms with Crippen molar-refractivity contribution in [3.8, 4) is 17.1 Å². The van der Waals surface area contributed by atoms with Crippen molar-refractivity contribution in [1.82, 2.24) is 4.98 Å². The summed E-state index contributed by atoms with van der Waals surface area (Å²) in [5.74, 6) is 1.36. The molecule has 0 bridgehead atoms. The van der Waals surface area contributed by atoms with Gasteiger partial charge in [0.1, 0.15) is 0 Å². The van der Waals surface area contributed by atoms with Crippen molar-refractivity contribution in [2.45, 2.75) is 6.42 Å². The lowest BCUT2D eigenvalue weighted by Crippen LogP contribution is -1.88. The topological polar surface area (TPSA) is 35.3 Å². The monoisotopic (exact) mass is 255 g/mol. The Kier molecular flexibility index (Phi) is 3.64. The molecule has 0 aliphatic heterocycles. The summed E-state index contributed by atoms with van der Waals surface area (Å²) < 4.78 is 23.6. The lowest BCUT2D eigenvalue weighted by atomic mass is 10.2. The molecule has 2 aromatic rings. The number of benzene rings is 1. The highest BCUT2D eigenvalue weighted by atomic mass is 35.5. The highest BCUT2D eigenvalue weighted by molar-refractivity contribution is 6.17. The Bertz CT molecular complexity index is 513. The average molecular weight is 256 g/mol. The predicted octanol–water partition coefficient (Wildman–Crippen LogP) is 3.27. The molecule has 90 valence electrons. The van der Waals surface area contributed by atoms with Crippen molar-refractivity contribution in [2.75, 3.05) is 13.0 Å². The molecular weight excluding hydrogens is 245 g/mol. The summed E-state index contributed by atoms with van der Waals surface area (Å²) in [4.78, 5) is 4.07. The van der Waals surface area contributed by atoms with Crippen LogP contribution in [0.5, 0.6) is 5.75 Å². The van der Waals surface area contributed by atoms with Crippen molar-refractivity contribution in [3.05, 3.63) is 36.1 Å². The van der Waals surface area contributed by atoms with Gasteiger partial charge in [-0.3, -0.25) is 0 Å². The molecule has 1 aromatic heterocycles. The zero-order valence-electron chi connectivity index (χ0n) is 9.24. The molecule has 1 heterocycles. The molecule has 0 radical (unpaired) electrons. The van der Waals surface area contributed by atoms with E-state index in [1.165, 1.54) is 13.2 Å². The highest BCUT2D eigenvalue weighted by Gasteiger charge is 2.09. The maximum absolute atomic E-state index is 13.2. The fraction of sp³-hybridized carbons (Fsp3) is 0.250. The van der Waals surface area contributed by atoms with Gasteiger partial charge in [-0.15, -0.1) is 11.6 Å².